The third-order valence-electron chi connectivity index (χ3n) is 3.46. The van der Waals surface area contributed by atoms with Crippen molar-refractivity contribution in [2.45, 2.75) is 19.5 Å². The second-order valence-corrected chi connectivity index (χ2v) is 5.77. The molecular weight excluding hydrogens is 315 g/mol. The van der Waals surface area contributed by atoms with Crippen molar-refractivity contribution >= 4 is 23.8 Å². The summed E-state index contributed by atoms with van der Waals surface area (Å²) in [7, 11) is 0. The van der Waals surface area contributed by atoms with Crippen molar-refractivity contribution in [2.75, 3.05) is 6.54 Å². The van der Waals surface area contributed by atoms with Crippen LogP contribution in [0.2, 0.25) is 5.02 Å². The highest BCUT2D eigenvalue weighted by Gasteiger charge is 2.20. The summed E-state index contributed by atoms with van der Waals surface area (Å²) in [6, 6.07) is 1.56. The molecule has 0 spiro atoms. The molecule has 0 aliphatic carbocycles. The van der Waals surface area contributed by atoms with Crippen molar-refractivity contribution < 1.29 is 4.39 Å². The summed E-state index contributed by atoms with van der Waals surface area (Å²) in [4.78, 5) is 23.1. The molecule has 2 aromatic rings. The molecular formula is C13H12ClFN4OS. The molecule has 0 amide bonds. The van der Waals surface area contributed by atoms with Crippen LogP contribution in [0.4, 0.5) is 4.39 Å². The van der Waals surface area contributed by atoms with Gasteiger partial charge in [0.25, 0.3) is 5.56 Å². The summed E-state index contributed by atoms with van der Waals surface area (Å²) >= 11 is 10.8. The number of hydrogen-bond acceptors (Lipinski definition) is 4. The molecule has 2 aromatic heterocycles. The van der Waals surface area contributed by atoms with E-state index in [1.54, 1.807) is 6.07 Å². The quantitative estimate of drug-likeness (QED) is 0.656. The van der Waals surface area contributed by atoms with Crippen LogP contribution < -0.4 is 5.56 Å². The van der Waals surface area contributed by atoms with Gasteiger partial charge in [0.05, 0.1) is 10.6 Å². The lowest BCUT2D eigenvalue weighted by atomic mass is 10.1. The molecule has 1 aliphatic heterocycles. The SMILES string of the molecule is O=c1[nH]c(=S)[nH]c2c1CN(Cc1cc(Cl)cnc1F)CC2. The molecule has 0 saturated carbocycles. The summed E-state index contributed by atoms with van der Waals surface area (Å²) in [6.07, 6.45) is 1.94. The second kappa shape index (κ2) is 5.67. The third kappa shape index (κ3) is 3.04. The number of hydrogen-bond donors (Lipinski definition) is 2. The van der Waals surface area contributed by atoms with Gasteiger partial charge in [-0.05, 0) is 18.3 Å². The third-order valence-corrected chi connectivity index (χ3v) is 3.87. The predicted octanol–water partition coefficient (Wildman–Crippen LogP) is 2.18. The van der Waals surface area contributed by atoms with Crippen molar-refractivity contribution in [2.24, 2.45) is 0 Å². The molecule has 3 heterocycles. The molecule has 0 radical (unpaired) electrons. The van der Waals surface area contributed by atoms with Gasteiger partial charge in [-0.1, -0.05) is 11.6 Å². The Morgan fingerprint density at radius 1 is 1.48 bits per heavy atom. The zero-order chi connectivity index (χ0) is 15.0. The number of halogens is 2. The minimum atomic E-state index is -0.536. The molecule has 0 bridgehead atoms. The van der Waals surface area contributed by atoms with E-state index in [4.69, 9.17) is 23.8 Å². The molecule has 110 valence electrons. The first kappa shape index (κ1) is 14.4. The van der Waals surface area contributed by atoms with Crippen LogP contribution in [0.15, 0.2) is 17.1 Å². The van der Waals surface area contributed by atoms with Gasteiger partial charge in [-0.25, -0.2) is 4.98 Å². The number of nitrogens with zero attached hydrogens (tertiary/aromatic N) is 2. The van der Waals surface area contributed by atoms with Gasteiger partial charge >= 0.3 is 0 Å². The number of aromatic amines is 2. The number of nitrogens with one attached hydrogen (secondary N) is 2. The Labute approximate surface area is 129 Å². The smallest absolute Gasteiger partial charge is 0.256 e. The molecule has 0 atom stereocenters. The van der Waals surface area contributed by atoms with Crippen LogP contribution in [0.25, 0.3) is 0 Å². The Kier molecular flexibility index (Phi) is 3.88. The lowest BCUT2D eigenvalue weighted by molar-refractivity contribution is 0.237. The summed E-state index contributed by atoms with van der Waals surface area (Å²) in [5, 5.41) is 0.394. The summed E-state index contributed by atoms with van der Waals surface area (Å²) in [5.41, 5.74) is 1.73. The highest BCUT2D eigenvalue weighted by atomic mass is 35.5. The first-order valence-electron chi connectivity index (χ1n) is 6.39. The van der Waals surface area contributed by atoms with E-state index in [-0.39, 0.29) is 5.56 Å². The zero-order valence-electron chi connectivity index (χ0n) is 10.9. The molecule has 0 unspecified atom stereocenters. The predicted molar refractivity (Wildman–Crippen MR) is 79.3 cm³/mol. The topological polar surface area (TPSA) is 64.8 Å². The lowest BCUT2D eigenvalue weighted by Gasteiger charge is -2.27. The maximum Gasteiger partial charge on any atom is 0.256 e. The molecule has 21 heavy (non-hydrogen) atoms. The monoisotopic (exact) mass is 326 g/mol. The van der Waals surface area contributed by atoms with E-state index in [1.165, 1.54) is 6.20 Å². The molecule has 1 aliphatic rings. The Balaban J connectivity index is 1.85. The van der Waals surface area contributed by atoms with Gasteiger partial charge in [-0.3, -0.25) is 14.7 Å². The van der Waals surface area contributed by atoms with Crippen molar-refractivity contribution in [3.63, 3.8) is 0 Å². The van der Waals surface area contributed by atoms with E-state index in [1.807, 2.05) is 4.90 Å². The van der Waals surface area contributed by atoms with Gasteiger partial charge in [0.1, 0.15) is 0 Å². The van der Waals surface area contributed by atoms with Crippen LogP contribution in [0, 0.1) is 10.7 Å². The maximum absolute atomic E-state index is 13.7. The van der Waals surface area contributed by atoms with Gasteiger partial charge in [0.2, 0.25) is 5.95 Å². The summed E-state index contributed by atoms with van der Waals surface area (Å²) in [6.45, 7) is 1.49. The van der Waals surface area contributed by atoms with Crippen molar-refractivity contribution in [3.05, 3.63) is 55.2 Å². The number of fused-ring (bicyclic) bond motifs is 1. The summed E-state index contributed by atoms with van der Waals surface area (Å²) in [5.74, 6) is -0.536. The fourth-order valence-electron chi connectivity index (χ4n) is 2.46. The highest BCUT2D eigenvalue weighted by Crippen LogP contribution is 2.19. The van der Waals surface area contributed by atoms with Crippen LogP contribution in [0.3, 0.4) is 0 Å². The summed E-state index contributed by atoms with van der Waals surface area (Å²) < 4.78 is 14.0. The average molecular weight is 327 g/mol. The first-order chi connectivity index (χ1) is 10.0. The van der Waals surface area contributed by atoms with Crippen LogP contribution in [-0.4, -0.2) is 26.4 Å². The number of pyridine rings is 1. The minimum Gasteiger partial charge on any atom is -0.335 e. The molecule has 0 saturated heterocycles. The van der Waals surface area contributed by atoms with Crippen LogP contribution in [-0.2, 0) is 19.5 Å². The van der Waals surface area contributed by atoms with Crippen LogP contribution in [0.5, 0.6) is 0 Å². The first-order valence-corrected chi connectivity index (χ1v) is 7.18. The van der Waals surface area contributed by atoms with Gasteiger partial charge in [-0.2, -0.15) is 4.39 Å². The Morgan fingerprint density at radius 3 is 3.10 bits per heavy atom. The van der Waals surface area contributed by atoms with E-state index in [0.717, 1.165) is 5.69 Å². The zero-order valence-corrected chi connectivity index (χ0v) is 12.5. The fraction of sp³-hybridized carbons (Fsp3) is 0.308. The fourth-order valence-corrected chi connectivity index (χ4v) is 2.86. The Hall–Kier alpha value is -1.57. The molecule has 2 N–H and O–H groups in total. The lowest BCUT2D eigenvalue weighted by Crippen LogP contribution is -2.35. The molecule has 0 fully saturated rings. The van der Waals surface area contributed by atoms with E-state index in [0.29, 0.717) is 47.0 Å². The van der Waals surface area contributed by atoms with Gasteiger partial charge in [-0.15, -0.1) is 0 Å². The van der Waals surface area contributed by atoms with Crippen molar-refractivity contribution in [1.29, 1.82) is 0 Å². The van der Waals surface area contributed by atoms with Gasteiger partial charge in [0, 0.05) is 43.5 Å². The number of aromatic nitrogens is 3. The van der Waals surface area contributed by atoms with E-state index < -0.39 is 5.95 Å². The normalized spacial score (nSPS) is 15.0. The molecule has 5 nitrogen and oxygen atoms in total. The van der Waals surface area contributed by atoms with Crippen LogP contribution >= 0.6 is 23.8 Å². The maximum atomic E-state index is 13.7. The highest BCUT2D eigenvalue weighted by molar-refractivity contribution is 7.71. The van der Waals surface area contributed by atoms with E-state index >= 15 is 0 Å². The average Bonchev–Trinajstić information content (AvgIpc) is 2.43. The van der Waals surface area contributed by atoms with Crippen LogP contribution in [0.1, 0.15) is 16.8 Å². The van der Waals surface area contributed by atoms with E-state index in [9.17, 15) is 9.18 Å². The molecule has 0 aromatic carbocycles. The molecule has 3 rings (SSSR count). The number of H-pyrrole nitrogens is 2. The van der Waals surface area contributed by atoms with Gasteiger partial charge in [0.15, 0.2) is 4.77 Å². The standard InChI is InChI=1S/C13H12ClFN4OS/c14-8-3-7(11(15)16-4-8)5-19-2-1-10-9(6-19)12(20)18-13(21)17-10/h3-4H,1-2,5-6H2,(H2,17,18,20,21). The van der Waals surface area contributed by atoms with E-state index in [2.05, 4.69) is 15.0 Å². The Bertz CT molecular complexity index is 803. The number of rotatable bonds is 2. The second-order valence-electron chi connectivity index (χ2n) is 4.93. The van der Waals surface area contributed by atoms with Crippen molar-refractivity contribution in [3.8, 4) is 0 Å². The van der Waals surface area contributed by atoms with Gasteiger partial charge < -0.3 is 4.98 Å². The largest absolute Gasteiger partial charge is 0.335 e. The Morgan fingerprint density at radius 2 is 2.29 bits per heavy atom. The van der Waals surface area contributed by atoms with Crippen molar-refractivity contribution in [1.82, 2.24) is 19.9 Å². The molecule has 8 heteroatoms. The minimum absolute atomic E-state index is 0.192.